The van der Waals surface area contributed by atoms with E-state index in [4.69, 9.17) is 9.47 Å². The average Bonchev–Trinajstić information content (AvgIpc) is 2.35. The fourth-order valence-electron chi connectivity index (χ4n) is 1.40. The summed E-state index contributed by atoms with van der Waals surface area (Å²) in [6, 6.07) is 7.77. The zero-order chi connectivity index (χ0) is 12.5. The number of ether oxygens (including phenoxy) is 2. The second-order valence-electron chi connectivity index (χ2n) is 3.52. The Morgan fingerprint density at radius 3 is 2.94 bits per heavy atom. The van der Waals surface area contributed by atoms with Crippen LogP contribution in [0.1, 0.15) is 25.3 Å². The fraction of sp³-hybridized carbons (Fsp3) is 0.357. The highest BCUT2D eigenvalue weighted by Gasteiger charge is 1.98. The van der Waals surface area contributed by atoms with E-state index in [-0.39, 0.29) is 5.97 Å². The Morgan fingerprint density at radius 2 is 2.24 bits per heavy atom. The van der Waals surface area contributed by atoms with Gasteiger partial charge in [0.25, 0.3) is 0 Å². The summed E-state index contributed by atoms with van der Waals surface area (Å²) in [6.07, 6.45) is 5.05. The maximum atomic E-state index is 11.1. The fourth-order valence-corrected chi connectivity index (χ4v) is 1.40. The Morgan fingerprint density at radius 1 is 1.41 bits per heavy atom. The molecule has 0 saturated heterocycles. The van der Waals surface area contributed by atoms with Crippen LogP contribution < -0.4 is 4.74 Å². The van der Waals surface area contributed by atoms with Gasteiger partial charge in [-0.25, -0.2) is 0 Å². The zero-order valence-corrected chi connectivity index (χ0v) is 10.3. The predicted molar refractivity (Wildman–Crippen MR) is 67.9 cm³/mol. The maximum Gasteiger partial charge on any atom is 0.306 e. The van der Waals surface area contributed by atoms with Gasteiger partial charge in [-0.15, -0.1) is 0 Å². The van der Waals surface area contributed by atoms with Gasteiger partial charge in [0.1, 0.15) is 5.75 Å². The minimum Gasteiger partial charge on any atom is -0.497 e. The topological polar surface area (TPSA) is 35.5 Å². The first-order valence-electron chi connectivity index (χ1n) is 5.72. The number of hydrogen-bond donors (Lipinski definition) is 0. The van der Waals surface area contributed by atoms with Crippen molar-refractivity contribution >= 4 is 12.0 Å². The van der Waals surface area contributed by atoms with Crippen molar-refractivity contribution in [1.82, 2.24) is 0 Å². The monoisotopic (exact) mass is 234 g/mol. The Kier molecular flexibility index (Phi) is 5.86. The van der Waals surface area contributed by atoms with Gasteiger partial charge in [0.15, 0.2) is 0 Å². The highest BCUT2D eigenvalue weighted by molar-refractivity contribution is 5.69. The SMILES string of the molecule is CCOC(=O)CC/C=C/c1cccc(OC)c1. The van der Waals surface area contributed by atoms with Crippen molar-refractivity contribution < 1.29 is 14.3 Å². The zero-order valence-electron chi connectivity index (χ0n) is 10.3. The molecule has 0 heterocycles. The van der Waals surface area contributed by atoms with Crippen molar-refractivity contribution in [2.24, 2.45) is 0 Å². The molecule has 1 rings (SSSR count). The van der Waals surface area contributed by atoms with Gasteiger partial charge in [-0.1, -0.05) is 24.3 Å². The lowest BCUT2D eigenvalue weighted by molar-refractivity contribution is -0.142. The van der Waals surface area contributed by atoms with Crippen LogP contribution in [0.25, 0.3) is 6.08 Å². The van der Waals surface area contributed by atoms with Crippen molar-refractivity contribution in [2.75, 3.05) is 13.7 Å². The smallest absolute Gasteiger partial charge is 0.306 e. The molecule has 1 aromatic carbocycles. The Bertz CT molecular complexity index is 383. The van der Waals surface area contributed by atoms with Gasteiger partial charge in [-0.05, 0) is 31.0 Å². The van der Waals surface area contributed by atoms with Gasteiger partial charge in [0.05, 0.1) is 13.7 Å². The molecular weight excluding hydrogens is 216 g/mol. The van der Waals surface area contributed by atoms with E-state index in [2.05, 4.69) is 0 Å². The molecule has 3 nitrogen and oxygen atoms in total. The molecule has 0 fully saturated rings. The Balaban J connectivity index is 2.40. The highest BCUT2D eigenvalue weighted by atomic mass is 16.5. The van der Waals surface area contributed by atoms with Crippen LogP contribution in [0.4, 0.5) is 0 Å². The molecule has 0 aliphatic carbocycles. The lowest BCUT2D eigenvalue weighted by atomic mass is 10.2. The Hall–Kier alpha value is -1.77. The predicted octanol–water partition coefficient (Wildman–Crippen LogP) is 3.05. The summed E-state index contributed by atoms with van der Waals surface area (Å²) in [4.78, 5) is 11.1. The second-order valence-corrected chi connectivity index (χ2v) is 3.52. The van der Waals surface area contributed by atoms with Gasteiger partial charge in [0.2, 0.25) is 0 Å². The number of benzene rings is 1. The summed E-state index contributed by atoms with van der Waals surface area (Å²) in [6.45, 7) is 2.25. The van der Waals surface area contributed by atoms with E-state index < -0.39 is 0 Å². The molecule has 1 aromatic rings. The van der Waals surface area contributed by atoms with Gasteiger partial charge in [-0.3, -0.25) is 4.79 Å². The van der Waals surface area contributed by atoms with Crippen molar-refractivity contribution in [3.05, 3.63) is 35.9 Å². The number of hydrogen-bond acceptors (Lipinski definition) is 3. The number of carbonyl (C=O) groups excluding carboxylic acids is 1. The lowest BCUT2D eigenvalue weighted by Gasteiger charge is -2.00. The molecule has 0 spiro atoms. The number of esters is 1. The minimum atomic E-state index is -0.150. The molecule has 0 bridgehead atoms. The first kappa shape index (κ1) is 13.3. The molecule has 0 aromatic heterocycles. The largest absolute Gasteiger partial charge is 0.497 e. The third kappa shape index (κ3) is 5.20. The van der Waals surface area contributed by atoms with Crippen molar-refractivity contribution in [3.8, 4) is 5.75 Å². The summed E-state index contributed by atoms with van der Waals surface area (Å²) >= 11 is 0. The van der Waals surface area contributed by atoms with E-state index in [0.717, 1.165) is 11.3 Å². The van der Waals surface area contributed by atoms with Crippen LogP contribution >= 0.6 is 0 Å². The molecular formula is C14H18O3. The third-order valence-electron chi connectivity index (χ3n) is 2.22. The van der Waals surface area contributed by atoms with Crippen LogP contribution in [0, 0.1) is 0 Å². The second kappa shape index (κ2) is 7.49. The molecule has 0 N–H and O–H groups in total. The van der Waals surface area contributed by atoms with Crippen molar-refractivity contribution in [3.63, 3.8) is 0 Å². The van der Waals surface area contributed by atoms with Crippen LogP contribution in [0.5, 0.6) is 5.75 Å². The Labute approximate surface area is 102 Å². The van der Waals surface area contributed by atoms with Crippen molar-refractivity contribution in [1.29, 1.82) is 0 Å². The number of carbonyl (C=O) groups is 1. The van der Waals surface area contributed by atoms with E-state index in [9.17, 15) is 4.79 Å². The van der Waals surface area contributed by atoms with E-state index in [1.807, 2.05) is 43.3 Å². The molecule has 0 atom stereocenters. The van der Waals surface area contributed by atoms with Crippen LogP contribution in [0.15, 0.2) is 30.3 Å². The van der Waals surface area contributed by atoms with Gasteiger partial charge >= 0.3 is 5.97 Å². The average molecular weight is 234 g/mol. The number of allylic oxidation sites excluding steroid dienone is 1. The lowest BCUT2D eigenvalue weighted by Crippen LogP contribution is -2.02. The standard InChI is InChI=1S/C14H18O3/c1-3-17-14(15)10-5-4-7-12-8-6-9-13(11-12)16-2/h4,6-9,11H,3,5,10H2,1-2H3/b7-4+. The van der Waals surface area contributed by atoms with E-state index >= 15 is 0 Å². The molecule has 17 heavy (non-hydrogen) atoms. The van der Waals surface area contributed by atoms with Crippen LogP contribution in [-0.2, 0) is 9.53 Å². The summed E-state index contributed by atoms with van der Waals surface area (Å²) in [7, 11) is 1.64. The minimum absolute atomic E-state index is 0.150. The number of rotatable bonds is 6. The first-order valence-corrected chi connectivity index (χ1v) is 5.72. The highest BCUT2D eigenvalue weighted by Crippen LogP contribution is 2.14. The molecule has 3 heteroatoms. The van der Waals surface area contributed by atoms with E-state index in [0.29, 0.717) is 19.4 Å². The normalized spacial score (nSPS) is 10.5. The maximum absolute atomic E-state index is 11.1. The van der Waals surface area contributed by atoms with E-state index in [1.54, 1.807) is 7.11 Å². The van der Waals surface area contributed by atoms with Crippen LogP contribution in [0.2, 0.25) is 0 Å². The van der Waals surface area contributed by atoms with Crippen LogP contribution in [-0.4, -0.2) is 19.7 Å². The van der Waals surface area contributed by atoms with Gasteiger partial charge in [0, 0.05) is 6.42 Å². The molecule has 0 aliphatic heterocycles. The quantitative estimate of drug-likeness (QED) is 0.710. The molecule has 0 radical (unpaired) electrons. The summed E-state index contributed by atoms with van der Waals surface area (Å²) in [5.74, 6) is 0.681. The summed E-state index contributed by atoms with van der Waals surface area (Å²) in [5.41, 5.74) is 1.06. The van der Waals surface area contributed by atoms with E-state index in [1.165, 1.54) is 0 Å². The first-order chi connectivity index (χ1) is 8.26. The van der Waals surface area contributed by atoms with Gasteiger partial charge < -0.3 is 9.47 Å². The molecule has 0 saturated carbocycles. The molecule has 0 amide bonds. The summed E-state index contributed by atoms with van der Waals surface area (Å²) < 4.78 is 9.96. The summed E-state index contributed by atoms with van der Waals surface area (Å²) in [5, 5.41) is 0. The molecule has 0 unspecified atom stereocenters. The third-order valence-corrected chi connectivity index (χ3v) is 2.22. The van der Waals surface area contributed by atoms with Crippen LogP contribution in [0.3, 0.4) is 0 Å². The molecule has 0 aliphatic rings. The number of methoxy groups -OCH3 is 1. The van der Waals surface area contributed by atoms with Gasteiger partial charge in [-0.2, -0.15) is 0 Å². The van der Waals surface area contributed by atoms with Crippen molar-refractivity contribution in [2.45, 2.75) is 19.8 Å². The molecule has 92 valence electrons.